The minimum absolute atomic E-state index is 0.794. The van der Waals surface area contributed by atoms with Crippen molar-refractivity contribution in [1.82, 2.24) is 5.32 Å². The van der Waals surface area contributed by atoms with Crippen LogP contribution in [0.2, 0.25) is 0 Å². The van der Waals surface area contributed by atoms with Gasteiger partial charge in [0.25, 0.3) is 0 Å². The Morgan fingerprint density at radius 3 is 2.67 bits per heavy atom. The molecule has 0 saturated heterocycles. The van der Waals surface area contributed by atoms with Gasteiger partial charge in [-0.1, -0.05) is 33.6 Å². The van der Waals surface area contributed by atoms with Crippen molar-refractivity contribution >= 4 is 0 Å². The molecule has 1 nitrogen and oxygen atoms in total. The SMILES string of the molecule is CC(C)CNC1CCCC(C)C1. The predicted octanol–water partition coefficient (Wildman–Crippen LogP) is 2.81. The molecule has 1 aliphatic carbocycles. The zero-order chi connectivity index (χ0) is 8.97. The molecule has 2 atom stereocenters. The minimum atomic E-state index is 0.794. The Kier molecular flexibility index (Phi) is 4.07. The molecule has 0 aliphatic heterocycles. The van der Waals surface area contributed by atoms with E-state index in [1.807, 2.05) is 0 Å². The van der Waals surface area contributed by atoms with Crippen LogP contribution < -0.4 is 5.32 Å². The monoisotopic (exact) mass is 169 g/mol. The fraction of sp³-hybridized carbons (Fsp3) is 1.00. The third kappa shape index (κ3) is 3.57. The zero-order valence-corrected chi connectivity index (χ0v) is 8.77. The van der Waals surface area contributed by atoms with Gasteiger partial charge in [-0.25, -0.2) is 0 Å². The highest BCUT2D eigenvalue weighted by atomic mass is 14.9. The maximum Gasteiger partial charge on any atom is 0.00697 e. The van der Waals surface area contributed by atoms with Gasteiger partial charge in [0, 0.05) is 6.04 Å². The second kappa shape index (κ2) is 4.86. The van der Waals surface area contributed by atoms with E-state index in [0.29, 0.717) is 0 Å². The summed E-state index contributed by atoms with van der Waals surface area (Å²) in [7, 11) is 0. The first kappa shape index (κ1) is 10.0. The number of hydrogen-bond acceptors (Lipinski definition) is 1. The molecule has 0 aromatic heterocycles. The van der Waals surface area contributed by atoms with Crippen LogP contribution in [-0.2, 0) is 0 Å². The van der Waals surface area contributed by atoms with Crippen molar-refractivity contribution < 1.29 is 0 Å². The van der Waals surface area contributed by atoms with Gasteiger partial charge >= 0.3 is 0 Å². The first-order chi connectivity index (χ1) is 5.68. The van der Waals surface area contributed by atoms with Crippen molar-refractivity contribution in [1.29, 1.82) is 0 Å². The van der Waals surface area contributed by atoms with Crippen LogP contribution in [0, 0.1) is 11.8 Å². The zero-order valence-electron chi connectivity index (χ0n) is 8.77. The Bertz CT molecular complexity index is 120. The lowest BCUT2D eigenvalue weighted by Gasteiger charge is -2.28. The van der Waals surface area contributed by atoms with Gasteiger partial charge in [0.1, 0.15) is 0 Å². The van der Waals surface area contributed by atoms with E-state index in [2.05, 4.69) is 26.1 Å². The molecular weight excluding hydrogens is 146 g/mol. The highest BCUT2D eigenvalue weighted by Gasteiger charge is 2.17. The van der Waals surface area contributed by atoms with E-state index in [1.54, 1.807) is 0 Å². The van der Waals surface area contributed by atoms with Gasteiger partial charge in [-0.15, -0.1) is 0 Å². The van der Waals surface area contributed by atoms with E-state index in [-0.39, 0.29) is 0 Å². The minimum Gasteiger partial charge on any atom is -0.314 e. The Hall–Kier alpha value is -0.0400. The smallest absolute Gasteiger partial charge is 0.00697 e. The molecule has 1 saturated carbocycles. The van der Waals surface area contributed by atoms with Crippen LogP contribution in [0.5, 0.6) is 0 Å². The quantitative estimate of drug-likeness (QED) is 0.685. The van der Waals surface area contributed by atoms with Gasteiger partial charge in [0.05, 0.1) is 0 Å². The first-order valence-corrected chi connectivity index (χ1v) is 5.42. The molecule has 0 spiro atoms. The van der Waals surface area contributed by atoms with E-state index >= 15 is 0 Å². The third-order valence-corrected chi connectivity index (χ3v) is 2.75. The van der Waals surface area contributed by atoms with E-state index < -0.39 is 0 Å². The molecule has 12 heavy (non-hydrogen) atoms. The van der Waals surface area contributed by atoms with Gasteiger partial charge in [-0.2, -0.15) is 0 Å². The average Bonchev–Trinajstić information content (AvgIpc) is 2.01. The van der Waals surface area contributed by atoms with Crippen LogP contribution in [0.25, 0.3) is 0 Å². The van der Waals surface area contributed by atoms with Crippen molar-refractivity contribution in [3.05, 3.63) is 0 Å². The number of rotatable bonds is 3. The van der Waals surface area contributed by atoms with Crippen LogP contribution in [-0.4, -0.2) is 12.6 Å². The predicted molar refractivity (Wildman–Crippen MR) is 54.3 cm³/mol. The van der Waals surface area contributed by atoms with Gasteiger partial charge in [0.15, 0.2) is 0 Å². The van der Waals surface area contributed by atoms with Crippen molar-refractivity contribution in [2.45, 2.75) is 52.5 Å². The molecule has 1 fully saturated rings. The molecule has 1 rings (SSSR count). The Morgan fingerprint density at radius 1 is 1.33 bits per heavy atom. The molecule has 0 amide bonds. The second-order valence-corrected chi connectivity index (χ2v) is 4.77. The van der Waals surface area contributed by atoms with E-state index in [4.69, 9.17) is 0 Å². The lowest BCUT2D eigenvalue weighted by atomic mass is 9.87. The van der Waals surface area contributed by atoms with Crippen molar-refractivity contribution in [3.8, 4) is 0 Å². The Morgan fingerprint density at radius 2 is 2.08 bits per heavy atom. The van der Waals surface area contributed by atoms with Crippen molar-refractivity contribution in [2.75, 3.05) is 6.54 Å². The number of hydrogen-bond donors (Lipinski definition) is 1. The molecule has 72 valence electrons. The Labute approximate surface area is 76.9 Å². The van der Waals surface area contributed by atoms with Gasteiger partial charge < -0.3 is 5.32 Å². The summed E-state index contributed by atoms with van der Waals surface area (Å²) in [6, 6.07) is 0.816. The second-order valence-electron chi connectivity index (χ2n) is 4.77. The number of nitrogens with one attached hydrogen (secondary N) is 1. The summed E-state index contributed by atoms with van der Waals surface area (Å²) < 4.78 is 0. The molecular formula is C11H23N. The Balaban J connectivity index is 2.14. The summed E-state index contributed by atoms with van der Waals surface area (Å²) >= 11 is 0. The van der Waals surface area contributed by atoms with Gasteiger partial charge in [-0.05, 0) is 31.2 Å². The molecule has 1 aliphatic rings. The van der Waals surface area contributed by atoms with Crippen LogP contribution >= 0.6 is 0 Å². The maximum absolute atomic E-state index is 3.65. The molecule has 0 aromatic carbocycles. The lowest BCUT2D eigenvalue weighted by Crippen LogP contribution is -2.35. The van der Waals surface area contributed by atoms with E-state index in [9.17, 15) is 0 Å². The lowest BCUT2D eigenvalue weighted by molar-refractivity contribution is 0.294. The van der Waals surface area contributed by atoms with E-state index in [1.165, 1.54) is 32.2 Å². The maximum atomic E-state index is 3.65. The van der Waals surface area contributed by atoms with Crippen LogP contribution in [0.4, 0.5) is 0 Å². The molecule has 1 N–H and O–H groups in total. The van der Waals surface area contributed by atoms with Crippen LogP contribution in [0.3, 0.4) is 0 Å². The first-order valence-electron chi connectivity index (χ1n) is 5.42. The summed E-state index contributed by atoms with van der Waals surface area (Å²) in [5.41, 5.74) is 0. The normalized spacial score (nSPS) is 31.0. The van der Waals surface area contributed by atoms with Crippen molar-refractivity contribution in [3.63, 3.8) is 0 Å². The topological polar surface area (TPSA) is 12.0 Å². The summed E-state index contributed by atoms with van der Waals surface area (Å²) in [5.74, 6) is 1.74. The van der Waals surface area contributed by atoms with Crippen molar-refractivity contribution in [2.24, 2.45) is 11.8 Å². The fourth-order valence-corrected chi connectivity index (χ4v) is 2.02. The van der Waals surface area contributed by atoms with Crippen LogP contribution in [0.1, 0.15) is 46.5 Å². The summed E-state index contributed by atoms with van der Waals surface area (Å²) in [6.45, 7) is 8.12. The summed E-state index contributed by atoms with van der Waals surface area (Å²) in [5, 5.41) is 3.65. The molecule has 0 radical (unpaired) electrons. The molecule has 0 bridgehead atoms. The van der Waals surface area contributed by atoms with Gasteiger partial charge in [-0.3, -0.25) is 0 Å². The third-order valence-electron chi connectivity index (χ3n) is 2.75. The van der Waals surface area contributed by atoms with Crippen LogP contribution in [0.15, 0.2) is 0 Å². The standard InChI is InChI=1S/C11H23N/c1-9(2)8-12-11-6-4-5-10(3)7-11/h9-12H,4-8H2,1-3H3. The van der Waals surface area contributed by atoms with E-state index in [0.717, 1.165) is 17.9 Å². The molecule has 1 heteroatoms. The summed E-state index contributed by atoms with van der Waals surface area (Å²) in [6.07, 6.45) is 5.67. The fourth-order valence-electron chi connectivity index (χ4n) is 2.02. The molecule has 0 aromatic rings. The highest BCUT2D eigenvalue weighted by molar-refractivity contribution is 4.75. The molecule has 0 heterocycles. The summed E-state index contributed by atoms with van der Waals surface area (Å²) in [4.78, 5) is 0. The average molecular weight is 169 g/mol. The van der Waals surface area contributed by atoms with Gasteiger partial charge in [0.2, 0.25) is 0 Å². The highest BCUT2D eigenvalue weighted by Crippen LogP contribution is 2.23. The molecule has 2 unspecified atom stereocenters. The largest absolute Gasteiger partial charge is 0.314 e.